The molecule has 2 heterocycles. The van der Waals surface area contributed by atoms with Crippen LogP contribution in [0.1, 0.15) is 64.2 Å². The van der Waals surface area contributed by atoms with E-state index in [1.54, 1.807) is 11.0 Å². The summed E-state index contributed by atoms with van der Waals surface area (Å²) in [5.41, 5.74) is 5.62. The fraction of sp³-hybridized carbons (Fsp3) is 0.214. The zero-order valence-corrected chi connectivity index (χ0v) is 18.7. The smallest absolute Gasteiger partial charge is 0.295 e. The molecule has 0 N–H and O–H groups in total. The highest BCUT2D eigenvalue weighted by atomic mass is 16.3. The maximum atomic E-state index is 13.7. The lowest BCUT2D eigenvalue weighted by Gasteiger charge is -2.25. The van der Waals surface area contributed by atoms with E-state index in [1.165, 1.54) is 5.56 Å². The lowest BCUT2D eigenvalue weighted by Crippen LogP contribution is -2.29. The molecule has 4 nitrogen and oxygen atoms in total. The topological polar surface area (TPSA) is 50.5 Å². The number of hydrogen-bond donors (Lipinski definition) is 0. The summed E-state index contributed by atoms with van der Waals surface area (Å²) in [6.07, 6.45) is 0. The third kappa shape index (κ3) is 3.14. The average Bonchev–Trinajstić information content (AvgIpc) is 3.07. The van der Waals surface area contributed by atoms with Crippen LogP contribution in [0, 0.1) is 13.8 Å². The van der Waals surface area contributed by atoms with E-state index in [9.17, 15) is 9.59 Å². The predicted molar refractivity (Wildman–Crippen MR) is 128 cm³/mol. The van der Waals surface area contributed by atoms with Crippen LogP contribution in [0.2, 0.25) is 0 Å². The zero-order valence-electron chi connectivity index (χ0n) is 18.7. The first-order valence-electron chi connectivity index (χ1n) is 10.9. The average molecular weight is 424 g/mol. The van der Waals surface area contributed by atoms with Crippen molar-refractivity contribution in [2.45, 2.75) is 39.7 Å². The second-order valence-corrected chi connectivity index (χ2v) is 8.91. The van der Waals surface area contributed by atoms with Crippen molar-refractivity contribution in [2.24, 2.45) is 0 Å². The third-order valence-corrected chi connectivity index (χ3v) is 6.26. The SMILES string of the molecule is Cc1ccc(N2C(=O)c3oc4ccc(C)cc4c(=O)c3C2c2ccc(C(C)C)cc2)cc1. The Balaban J connectivity index is 1.78. The van der Waals surface area contributed by atoms with E-state index >= 15 is 0 Å². The lowest BCUT2D eigenvalue weighted by molar-refractivity contribution is 0.0971. The minimum absolute atomic E-state index is 0.130. The molecule has 0 saturated carbocycles. The van der Waals surface area contributed by atoms with E-state index < -0.39 is 6.04 Å². The van der Waals surface area contributed by atoms with E-state index in [-0.39, 0.29) is 17.1 Å². The van der Waals surface area contributed by atoms with Crippen LogP contribution in [-0.4, -0.2) is 5.91 Å². The highest BCUT2D eigenvalue weighted by Gasteiger charge is 2.43. The van der Waals surface area contributed by atoms with Gasteiger partial charge in [-0.05, 0) is 55.2 Å². The molecule has 4 heteroatoms. The van der Waals surface area contributed by atoms with Crippen molar-refractivity contribution in [3.63, 3.8) is 0 Å². The summed E-state index contributed by atoms with van der Waals surface area (Å²) in [5, 5.41) is 0.506. The molecule has 0 fully saturated rings. The van der Waals surface area contributed by atoms with Gasteiger partial charge in [0.2, 0.25) is 5.76 Å². The quantitative estimate of drug-likeness (QED) is 0.389. The summed E-state index contributed by atoms with van der Waals surface area (Å²) in [6.45, 7) is 8.24. The second-order valence-electron chi connectivity index (χ2n) is 8.91. The minimum atomic E-state index is -0.539. The van der Waals surface area contributed by atoms with E-state index in [4.69, 9.17) is 4.42 Å². The van der Waals surface area contributed by atoms with Crippen molar-refractivity contribution in [3.05, 3.63) is 111 Å². The Labute approximate surface area is 187 Å². The van der Waals surface area contributed by atoms with Gasteiger partial charge in [0.05, 0.1) is 17.0 Å². The Bertz CT molecular complexity index is 1400. The predicted octanol–water partition coefficient (Wildman–Crippen LogP) is 6.28. The van der Waals surface area contributed by atoms with Crippen molar-refractivity contribution in [2.75, 3.05) is 4.90 Å². The Morgan fingerprint density at radius 3 is 2.16 bits per heavy atom. The number of carbonyl (C=O) groups excluding carboxylic acids is 1. The molecular formula is C28H25NO3. The normalized spacial score (nSPS) is 15.6. The van der Waals surface area contributed by atoms with Crippen LogP contribution >= 0.6 is 0 Å². The number of aryl methyl sites for hydroxylation is 2. The highest BCUT2D eigenvalue weighted by molar-refractivity contribution is 6.10. The number of rotatable bonds is 3. The Morgan fingerprint density at radius 2 is 1.50 bits per heavy atom. The fourth-order valence-electron chi connectivity index (χ4n) is 4.44. The second kappa shape index (κ2) is 7.49. The summed E-state index contributed by atoms with van der Waals surface area (Å²) in [6, 6.07) is 20.9. The molecule has 4 aromatic rings. The highest BCUT2D eigenvalue weighted by Crippen LogP contribution is 2.41. The van der Waals surface area contributed by atoms with E-state index in [0.29, 0.717) is 22.5 Å². The maximum Gasteiger partial charge on any atom is 0.295 e. The van der Waals surface area contributed by atoms with Crippen molar-refractivity contribution in [3.8, 4) is 0 Å². The summed E-state index contributed by atoms with van der Waals surface area (Å²) in [4.78, 5) is 29.0. The van der Waals surface area contributed by atoms with Crippen LogP contribution in [0.15, 0.2) is 75.9 Å². The van der Waals surface area contributed by atoms with Crippen LogP contribution in [-0.2, 0) is 0 Å². The van der Waals surface area contributed by atoms with Crippen molar-refractivity contribution in [1.29, 1.82) is 0 Å². The fourth-order valence-corrected chi connectivity index (χ4v) is 4.44. The van der Waals surface area contributed by atoms with Crippen LogP contribution in [0.4, 0.5) is 5.69 Å². The first-order valence-corrected chi connectivity index (χ1v) is 10.9. The standard InChI is InChI=1S/C28H25NO3/c1-16(2)19-8-10-20(11-9-19)25-24-26(30)22-15-18(4)7-14-23(22)32-27(24)28(31)29(25)21-12-5-17(3)6-13-21/h5-16,25H,1-4H3. The van der Waals surface area contributed by atoms with Gasteiger partial charge in [0.15, 0.2) is 5.43 Å². The van der Waals surface area contributed by atoms with Crippen molar-refractivity contribution in [1.82, 2.24) is 0 Å². The number of nitrogens with zero attached hydrogens (tertiary/aromatic N) is 1. The van der Waals surface area contributed by atoms with E-state index in [1.807, 2.05) is 62.4 Å². The van der Waals surface area contributed by atoms with Gasteiger partial charge in [-0.3, -0.25) is 14.5 Å². The molecule has 0 bridgehead atoms. The number of amides is 1. The van der Waals surface area contributed by atoms with Crippen molar-refractivity contribution >= 4 is 22.6 Å². The minimum Gasteiger partial charge on any atom is -0.450 e. The summed E-state index contributed by atoms with van der Waals surface area (Å²) >= 11 is 0. The zero-order chi connectivity index (χ0) is 22.6. The number of fused-ring (bicyclic) bond motifs is 2. The molecule has 32 heavy (non-hydrogen) atoms. The molecule has 1 aliphatic heterocycles. The Morgan fingerprint density at radius 1 is 0.844 bits per heavy atom. The van der Waals surface area contributed by atoms with Gasteiger partial charge >= 0.3 is 0 Å². The van der Waals surface area contributed by atoms with Gasteiger partial charge in [-0.2, -0.15) is 0 Å². The summed E-state index contributed by atoms with van der Waals surface area (Å²) < 4.78 is 6.05. The van der Waals surface area contributed by atoms with Crippen molar-refractivity contribution < 1.29 is 9.21 Å². The van der Waals surface area contributed by atoms with E-state index in [2.05, 4.69) is 26.0 Å². The molecule has 1 aromatic heterocycles. The first kappa shape index (κ1) is 20.3. The Hall–Kier alpha value is -3.66. The van der Waals surface area contributed by atoms with Gasteiger partial charge in [-0.25, -0.2) is 0 Å². The summed E-state index contributed by atoms with van der Waals surface area (Å²) in [5.74, 6) is 0.234. The molecule has 0 radical (unpaired) electrons. The molecule has 3 aromatic carbocycles. The van der Waals surface area contributed by atoms with Gasteiger partial charge in [0, 0.05) is 5.69 Å². The molecule has 5 rings (SSSR count). The number of hydrogen-bond acceptors (Lipinski definition) is 3. The molecule has 1 atom stereocenters. The number of anilines is 1. The first-order chi connectivity index (χ1) is 15.3. The van der Waals surface area contributed by atoms with Crippen LogP contribution in [0.25, 0.3) is 11.0 Å². The molecule has 1 amide bonds. The number of carbonyl (C=O) groups is 1. The molecule has 1 unspecified atom stereocenters. The Kier molecular flexibility index (Phi) is 4.74. The van der Waals surface area contributed by atoms with Gasteiger partial charge in [0.25, 0.3) is 5.91 Å². The van der Waals surface area contributed by atoms with Gasteiger partial charge in [-0.15, -0.1) is 0 Å². The molecular weight excluding hydrogens is 398 g/mol. The summed E-state index contributed by atoms with van der Waals surface area (Å²) in [7, 11) is 0. The number of benzene rings is 3. The molecule has 0 saturated heterocycles. The monoisotopic (exact) mass is 423 g/mol. The third-order valence-electron chi connectivity index (χ3n) is 6.26. The largest absolute Gasteiger partial charge is 0.450 e. The molecule has 0 aliphatic carbocycles. The van der Waals surface area contributed by atoms with Gasteiger partial charge in [0.1, 0.15) is 5.58 Å². The van der Waals surface area contributed by atoms with Crippen LogP contribution in [0.3, 0.4) is 0 Å². The van der Waals surface area contributed by atoms with E-state index in [0.717, 1.165) is 22.4 Å². The molecule has 160 valence electrons. The van der Waals surface area contributed by atoms with Crippen LogP contribution in [0.5, 0.6) is 0 Å². The molecule has 1 aliphatic rings. The maximum absolute atomic E-state index is 13.7. The van der Waals surface area contributed by atoms with Gasteiger partial charge < -0.3 is 4.42 Å². The van der Waals surface area contributed by atoms with Crippen LogP contribution < -0.4 is 10.3 Å². The molecule has 0 spiro atoms. The lowest BCUT2D eigenvalue weighted by atomic mass is 9.95. The van der Waals surface area contributed by atoms with Gasteiger partial charge in [-0.1, -0.05) is 67.4 Å².